The lowest BCUT2D eigenvalue weighted by atomic mass is 10.1. The van der Waals surface area contributed by atoms with Gasteiger partial charge in [0.1, 0.15) is 5.82 Å². The lowest BCUT2D eigenvalue weighted by Gasteiger charge is -2.12. The molecule has 0 amide bonds. The van der Waals surface area contributed by atoms with Crippen molar-refractivity contribution >= 4 is 28.4 Å². The van der Waals surface area contributed by atoms with Crippen LogP contribution in [0.5, 0.6) is 0 Å². The van der Waals surface area contributed by atoms with Gasteiger partial charge in [0, 0.05) is 40.3 Å². The van der Waals surface area contributed by atoms with Crippen molar-refractivity contribution < 1.29 is 27.8 Å². The predicted octanol–water partition coefficient (Wildman–Crippen LogP) is 3.40. The number of hydrogen-bond acceptors (Lipinski definition) is 9. The van der Waals surface area contributed by atoms with Gasteiger partial charge in [0.15, 0.2) is 11.5 Å². The molecule has 0 radical (unpaired) electrons. The van der Waals surface area contributed by atoms with E-state index in [1.165, 1.54) is 18.3 Å². The highest BCUT2D eigenvalue weighted by molar-refractivity contribution is 7.85. The number of nitrogen functional groups attached to an aromatic ring is 1. The summed E-state index contributed by atoms with van der Waals surface area (Å²) in [6.07, 6.45) is 2.13. The van der Waals surface area contributed by atoms with Crippen molar-refractivity contribution in [1.29, 1.82) is 10.8 Å². The van der Waals surface area contributed by atoms with E-state index in [0.717, 1.165) is 0 Å². The van der Waals surface area contributed by atoms with E-state index in [-0.39, 0.29) is 32.1 Å². The first-order valence-corrected chi connectivity index (χ1v) is 12.4. The van der Waals surface area contributed by atoms with Crippen molar-refractivity contribution in [3.05, 3.63) is 71.3 Å². The first-order valence-electron chi connectivity index (χ1n) is 11.2. The zero-order chi connectivity index (χ0) is 26.2. The summed E-state index contributed by atoms with van der Waals surface area (Å²) in [7, 11) is 2.17. The summed E-state index contributed by atoms with van der Waals surface area (Å²) in [5.74, 6) is -1.78. The fraction of sp³-hybridized carbons (Fsp3) is 0.280. The molecule has 0 bridgehead atoms. The molecule has 0 fully saturated rings. The van der Waals surface area contributed by atoms with Crippen LogP contribution in [0.15, 0.2) is 53.6 Å². The Morgan fingerprint density at radius 1 is 1.22 bits per heavy atom. The molecule has 0 saturated heterocycles. The van der Waals surface area contributed by atoms with E-state index in [9.17, 15) is 8.60 Å². The second kappa shape index (κ2) is 13.7. The molecule has 204 valence electrons. The van der Waals surface area contributed by atoms with Gasteiger partial charge in [-0.1, -0.05) is 25.1 Å². The summed E-state index contributed by atoms with van der Waals surface area (Å²) in [6.45, 7) is 2.92. The van der Waals surface area contributed by atoms with Crippen molar-refractivity contribution in [3.63, 3.8) is 0 Å². The largest absolute Gasteiger partial charge is 0.419 e. The lowest BCUT2D eigenvalue weighted by molar-refractivity contribution is 0.195. The number of benzene rings is 2. The molecular weight excluding hydrogens is 499 g/mol. The van der Waals surface area contributed by atoms with Crippen LogP contribution in [0.25, 0.3) is 11.3 Å². The van der Waals surface area contributed by atoms with E-state index in [0.29, 0.717) is 41.3 Å². The van der Waals surface area contributed by atoms with Gasteiger partial charge in [0.25, 0.3) is 0 Å². The molecule has 0 spiro atoms. The van der Waals surface area contributed by atoms with Gasteiger partial charge in [0.2, 0.25) is 11.8 Å². The summed E-state index contributed by atoms with van der Waals surface area (Å²) in [4.78, 5) is 9.15. The summed E-state index contributed by atoms with van der Waals surface area (Å²) in [5.41, 5.74) is 7.53. The van der Waals surface area contributed by atoms with E-state index in [1.807, 2.05) is 6.92 Å². The highest BCUT2D eigenvalue weighted by Crippen LogP contribution is 2.22. The summed E-state index contributed by atoms with van der Waals surface area (Å²) in [5, 5.41) is 19.2. The van der Waals surface area contributed by atoms with Gasteiger partial charge in [-0.05, 0) is 43.3 Å². The highest BCUT2D eigenvalue weighted by Gasteiger charge is 2.19. The normalized spacial score (nSPS) is 12.3. The lowest BCUT2D eigenvalue weighted by Crippen LogP contribution is -2.18. The van der Waals surface area contributed by atoms with E-state index >= 15 is 0 Å². The molecule has 2 unspecified atom stereocenters. The summed E-state index contributed by atoms with van der Waals surface area (Å²) in [6, 6.07) is 11.4. The number of ether oxygens (including phenoxy) is 2. The van der Waals surface area contributed by atoms with Gasteiger partial charge in [0.05, 0.1) is 28.3 Å². The Hall–Kier alpha value is -3.58. The van der Waals surface area contributed by atoms with Gasteiger partial charge >= 0.3 is 0 Å². The minimum atomic E-state index is -1.19. The van der Waals surface area contributed by atoms with E-state index in [1.54, 1.807) is 44.5 Å². The number of halogens is 1. The quantitative estimate of drug-likeness (QED) is 0.226. The van der Waals surface area contributed by atoms with E-state index < -0.39 is 28.4 Å². The third-order valence-electron chi connectivity index (χ3n) is 5.36. The van der Waals surface area contributed by atoms with Crippen LogP contribution in [-0.2, 0) is 26.8 Å². The van der Waals surface area contributed by atoms with Gasteiger partial charge < -0.3 is 26.0 Å². The summed E-state index contributed by atoms with van der Waals surface area (Å²) < 4.78 is 37.5. The third-order valence-corrected chi connectivity index (χ3v) is 7.06. The second-order valence-corrected chi connectivity index (χ2v) is 9.88. The smallest absolute Gasteiger partial charge is 0.243 e. The maximum atomic E-state index is 14.4. The van der Waals surface area contributed by atoms with Gasteiger partial charge in [-0.2, -0.15) is 0 Å². The molecular formula is C25H37FN6O4S. The van der Waals surface area contributed by atoms with Crippen LogP contribution in [0.3, 0.4) is 0 Å². The number of nitrogens with zero attached hydrogens (tertiary/aromatic N) is 2. The van der Waals surface area contributed by atoms with Crippen molar-refractivity contribution in [2.75, 3.05) is 26.5 Å². The first kappa shape index (κ1) is 29.6. The molecule has 2 atom stereocenters. The Bertz CT molecular complexity index is 1290. The van der Waals surface area contributed by atoms with Gasteiger partial charge in [-0.25, -0.2) is 14.4 Å². The second-order valence-electron chi connectivity index (χ2n) is 8.01. The average Bonchev–Trinajstić information content (AvgIpc) is 2.87. The molecule has 0 aliphatic rings. The zero-order valence-electron chi connectivity index (χ0n) is 20.8. The minimum Gasteiger partial charge on any atom is -0.419 e. The van der Waals surface area contributed by atoms with Crippen molar-refractivity contribution in [3.8, 4) is 11.3 Å². The van der Waals surface area contributed by atoms with Crippen LogP contribution in [-0.4, -0.2) is 57.5 Å². The van der Waals surface area contributed by atoms with Gasteiger partial charge in [-0.15, -0.1) is 0 Å². The molecule has 0 aliphatic heterocycles. The third kappa shape index (κ3) is 7.46. The molecule has 1 aromatic heterocycles. The van der Waals surface area contributed by atoms with Crippen LogP contribution in [0.1, 0.15) is 34.4 Å². The van der Waals surface area contributed by atoms with Gasteiger partial charge in [-0.3, -0.25) is 15.0 Å². The Morgan fingerprint density at radius 3 is 2.54 bits per heavy atom. The maximum Gasteiger partial charge on any atom is 0.243 e. The Kier molecular flexibility index (Phi) is 10.9. The zero-order valence-corrected chi connectivity index (χ0v) is 21.6. The van der Waals surface area contributed by atoms with Crippen LogP contribution in [0, 0.1) is 16.6 Å². The van der Waals surface area contributed by atoms with Crippen LogP contribution in [0.2, 0.25) is 0 Å². The Labute approximate surface area is 221 Å². The fourth-order valence-electron chi connectivity index (χ4n) is 3.35. The molecule has 12 heteroatoms. The number of rotatable bonds is 10. The SMILES string of the molecule is CNCc1ccc(C(=N)OC(=N)c2nc(-c3ccc(S(=O)C(C)CCOC)cc3)cnc2N)c(F)c1.O.[HH].[HH].[HH]. The molecule has 2 aromatic carbocycles. The number of aromatic nitrogens is 2. The molecule has 0 saturated carbocycles. The van der Waals surface area contributed by atoms with E-state index in [2.05, 4.69) is 15.3 Å². The first-order chi connectivity index (χ1) is 17.2. The molecule has 3 aromatic rings. The molecule has 3 rings (SSSR count). The number of nitrogens with two attached hydrogens (primary N) is 1. The molecule has 37 heavy (non-hydrogen) atoms. The molecule has 1 heterocycles. The standard InChI is InChI=1S/C25H29FN6O3S.H2O.3H2/c1-15(10-11-34-3)36(33)18-7-5-17(6-8-18)21-14-31-23(27)22(32-21)25(29)35-24(28)19-9-4-16(13-30-2)12-20(19)26;;;;/h4-9,12,14-15,28-30H,10-11,13H2,1-3H3,(H2,27,31);1H2;3*1H. The van der Waals surface area contributed by atoms with Crippen LogP contribution < -0.4 is 11.1 Å². The van der Waals surface area contributed by atoms with Crippen LogP contribution in [0.4, 0.5) is 10.2 Å². The molecule has 7 N–H and O–H groups in total. The van der Waals surface area contributed by atoms with Crippen LogP contribution >= 0.6 is 0 Å². The minimum absolute atomic E-state index is 0. The number of hydrogen-bond donors (Lipinski definition) is 4. The van der Waals surface area contributed by atoms with Crippen molar-refractivity contribution in [1.82, 2.24) is 15.3 Å². The molecule has 10 nitrogen and oxygen atoms in total. The monoisotopic (exact) mass is 536 g/mol. The number of nitrogens with one attached hydrogen (secondary N) is 3. The van der Waals surface area contributed by atoms with E-state index in [4.69, 9.17) is 26.0 Å². The number of methoxy groups -OCH3 is 1. The Morgan fingerprint density at radius 2 is 1.92 bits per heavy atom. The average molecular weight is 537 g/mol. The Balaban J connectivity index is 0. The highest BCUT2D eigenvalue weighted by atomic mass is 32.2. The fourth-order valence-corrected chi connectivity index (χ4v) is 4.53. The summed E-state index contributed by atoms with van der Waals surface area (Å²) >= 11 is 0. The predicted molar refractivity (Wildman–Crippen MR) is 148 cm³/mol. The van der Waals surface area contributed by atoms with Crippen molar-refractivity contribution in [2.45, 2.75) is 30.0 Å². The number of anilines is 1. The van der Waals surface area contributed by atoms with Crippen molar-refractivity contribution in [2.24, 2.45) is 0 Å². The topological polar surface area (TPSA) is 179 Å². The maximum absolute atomic E-state index is 14.4. The molecule has 0 aliphatic carbocycles.